The van der Waals surface area contributed by atoms with E-state index in [4.69, 9.17) is 4.74 Å². The van der Waals surface area contributed by atoms with Gasteiger partial charge in [-0.2, -0.15) is 0 Å². The second-order valence-electron chi connectivity index (χ2n) is 5.29. The van der Waals surface area contributed by atoms with E-state index in [-0.39, 0.29) is 0 Å². The van der Waals surface area contributed by atoms with Crippen molar-refractivity contribution >= 4 is 17.9 Å². The van der Waals surface area contributed by atoms with E-state index in [2.05, 4.69) is 10.3 Å². The fourth-order valence-electron chi connectivity index (χ4n) is 2.20. The lowest BCUT2D eigenvalue weighted by Gasteiger charge is -2.19. The minimum atomic E-state index is -1.04. The van der Waals surface area contributed by atoms with Gasteiger partial charge in [0.2, 0.25) is 0 Å². The fourth-order valence-corrected chi connectivity index (χ4v) is 2.20. The SMILES string of the molecule is CCC=Nc1cc(C(=O)OC)ccc1C(O)N/C(=C/C=C/F)CCC. The number of aliphatic hydroxyl groups excluding tert-OH is 1. The first-order valence-electron chi connectivity index (χ1n) is 8.22. The van der Waals surface area contributed by atoms with Crippen LogP contribution in [0.5, 0.6) is 0 Å². The number of carbonyl (C=O) groups is 1. The maximum absolute atomic E-state index is 12.2. The predicted molar refractivity (Wildman–Crippen MR) is 97.6 cm³/mol. The van der Waals surface area contributed by atoms with E-state index in [1.54, 1.807) is 30.5 Å². The Hall–Kier alpha value is -2.47. The Morgan fingerprint density at radius 2 is 2.20 bits per heavy atom. The van der Waals surface area contributed by atoms with Gasteiger partial charge in [-0.25, -0.2) is 9.18 Å². The van der Waals surface area contributed by atoms with E-state index in [1.165, 1.54) is 13.2 Å². The van der Waals surface area contributed by atoms with Crippen molar-refractivity contribution in [2.24, 2.45) is 4.99 Å². The Labute approximate surface area is 147 Å². The Kier molecular flexibility index (Phi) is 9.17. The molecular weight excluding hydrogens is 323 g/mol. The smallest absolute Gasteiger partial charge is 0.337 e. The number of aliphatic imine (C=N–C) groups is 1. The average molecular weight is 348 g/mol. The van der Waals surface area contributed by atoms with Crippen LogP contribution in [0.1, 0.15) is 55.3 Å². The molecule has 0 fully saturated rings. The molecule has 1 aromatic carbocycles. The number of halogens is 1. The van der Waals surface area contributed by atoms with E-state index >= 15 is 0 Å². The summed E-state index contributed by atoms with van der Waals surface area (Å²) in [6, 6.07) is 4.77. The lowest BCUT2D eigenvalue weighted by atomic mass is 10.1. The lowest BCUT2D eigenvalue weighted by molar-refractivity contribution is 0.0600. The minimum Gasteiger partial charge on any atom is -0.465 e. The number of hydrogen-bond donors (Lipinski definition) is 2. The molecule has 136 valence electrons. The van der Waals surface area contributed by atoms with Crippen LogP contribution in [-0.4, -0.2) is 24.4 Å². The summed E-state index contributed by atoms with van der Waals surface area (Å²) in [5.41, 5.74) is 2.04. The molecule has 25 heavy (non-hydrogen) atoms. The Balaban J connectivity index is 3.15. The van der Waals surface area contributed by atoms with E-state index in [9.17, 15) is 14.3 Å². The van der Waals surface area contributed by atoms with Gasteiger partial charge in [0.1, 0.15) is 0 Å². The molecule has 0 spiro atoms. The summed E-state index contributed by atoms with van der Waals surface area (Å²) in [7, 11) is 1.31. The van der Waals surface area contributed by atoms with Crippen LogP contribution in [0.4, 0.5) is 10.1 Å². The lowest BCUT2D eigenvalue weighted by Crippen LogP contribution is -2.20. The monoisotopic (exact) mass is 348 g/mol. The van der Waals surface area contributed by atoms with E-state index in [0.29, 0.717) is 41.7 Å². The highest BCUT2D eigenvalue weighted by molar-refractivity contribution is 5.90. The Bertz CT molecular complexity index is 654. The average Bonchev–Trinajstić information content (AvgIpc) is 2.63. The summed E-state index contributed by atoms with van der Waals surface area (Å²) >= 11 is 0. The van der Waals surface area contributed by atoms with Crippen molar-refractivity contribution < 1.29 is 19.0 Å². The molecule has 0 aliphatic rings. The van der Waals surface area contributed by atoms with Gasteiger partial charge in [0, 0.05) is 17.5 Å². The number of hydrogen-bond acceptors (Lipinski definition) is 5. The fraction of sp³-hybridized carbons (Fsp3) is 0.368. The van der Waals surface area contributed by atoms with Gasteiger partial charge in [-0.3, -0.25) is 4.99 Å². The van der Waals surface area contributed by atoms with Crippen molar-refractivity contribution in [3.63, 3.8) is 0 Å². The van der Waals surface area contributed by atoms with Gasteiger partial charge in [0.15, 0.2) is 6.23 Å². The van der Waals surface area contributed by atoms with Crippen molar-refractivity contribution in [3.8, 4) is 0 Å². The first-order valence-corrected chi connectivity index (χ1v) is 8.22. The third-order valence-corrected chi connectivity index (χ3v) is 3.37. The van der Waals surface area contributed by atoms with Gasteiger partial charge in [-0.15, -0.1) is 0 Å². The molecular formula is C19H25FN2O3. The van der Waals surface area contributed by atoms with E-state index < -0.39 is 12.2 Å². The maximum atomic E-state index is 12.2. The second kappa shape index (κ2) is 11.1. The molecule has 1 atom stereocenters. The maximum Gasteiger partial charge on any atom is 0.337 e. The van der Waals surface area contributed by atoms with Gasteiger partial charge in [-0.05, 0) is 37.1 Å². The van der Waals surface area contributed by atoms with Crippen LogP contribution in [0.2, 0.25) is 0 Å². The number of methoxy groups -OCH3 is 1. The topological polar surface area (TPSA) is 70.9 Å². The zero-order chi connectivity index (χ0) is 18.7. The van der Waals surface area contributed by atoms with Gasteiger partial charge in [-0.1, -0.05) is 26.3 Å². The summed E-state index contributed by atoms with van der Waals surface area (Å²) in [6.07, 6.45) is 6.15. The van der Waals surface area contributed by atoms with Gasteiger partial charge in [0.25, 0.3) is 0 Å². The normalized spacial score (nSPS) is 13.4. The number of carbonyl (C=O) groups excluding carboxylic acids is 1. The van der Waals surface area contributed by atoms with Crippen LogP contribution < -0.4 is 5.32 Å². The Morgan fingerprint density at radius 1 is 1.44 bits per heavy atom. The number of allylic oxidation sites excluding steroid dienone is 3. The number of nitrogens with zero attached hydrogens (tertiary/aromatic N) is 1. The molecule has 0 amide bonds. The molecule has 0 aliphatic carbocycles. The van der Waals surface area contributed by atoms with Gasteiger partial charge >= 0.3 is 5.97 Å². The van der Waals surface area contributed by atoms with Gasteiger partial charge < -0.3 is 15.2 Å². The molecule has 0 saturated heterocycles. The van der Waals surface area contributed by atoms with Crippen LogP contribution in [-0.2, 0) is 4.74 Å². The molecule has 0 heterocycles. The molecule has 0 aliphatic heterocycles. The second-order valence-corrected chi connectivity index (χ2v) is 5.29. The first-order chi connectivity index (χ1) is 12.1. The van der Waals surface area contributed by atoms with Crippen molar-refractivity contribution in [2.75, 3.05) is 7.11 Å². The zero-order valence-corrected chi connectivity index (χ0v) is 14.8. The number of rotatable bonds is 9. The molecule has 0 saturated carbocycles. The van der Waals surface area contributed by atoms with E-state index in [1.807, 2.05) is 13.8 Å². The summed E-state index contributed by atoms with van der Waals surface area (Å²) in [4.78, 5) is 16.0. The largest absolute Gasteiger partial charge is 0.465 e. The van der Waals surface area contributed by atoms with Crippen LogP contribution in [0.3, 0.4) is 0 Å². The highest BCUT2D eigenvalue weighted by atomic mass is 19.1. The Morgan fingerprint density at radius 3 is 2.80 bits per heavy atom. The third-order valence-electron chi connectivity index (χ3n) is 3.37. The highest BCUT2D eigenvalue weighted by Crippen LogP contribution is 2.27. The third kappa shape index (κ3) is 6.51. The van der Waals surface area contributed by atoms with Crippen molar-refractivity contribution in [1.82, 2.24) is 5.32 Å². The summed E-state index contributed by atoms with van der Waals surface area (Å²) in [6.45, 7) is 3.93. The van der Waals surface area contributed by atoms with Gasteiger partial charge in [0.05, 0.1) is 24.7 Å². The van der Waals surface area contributed by atoms with Crippen LogP contribution in [0.15, 0.2) is 47.4 Å². The van der Waals surface area contributed by atoms with Crippen molar-refractivity contribution in [3.05, 3.63) is 53.5 Å². The quantitative estimate of drug-likeness (QED) is 0.301. The first kappa shape index (κ1) is 20.6. The molecule has 0 aromatic heterocycles. The molecule has 1 aromatic rings. The summed E-state index contributed by atoms with van der Waals surface area (Å²) in [5, 5.41) is 13.5. The number of benzene rings is 1. The van der Waals surface area contributed by atoms with E-state index in [0.717, 1.165) is 6.42 Å². The standard InChI is InChI=1S/C19H25FN2O3/c1-4-7-15(8-6-11-20)22-18(23)16-10-9-14(19(24)25-3)13-17(16)21-12-5-2/h6,8-13,18,22-23H,4-5,7H2,1-3H3/b11-6+,15-8+,21-12?. The highest BCUT2D eigenvalue weighted by Gasteiger charge is 2.16. The van der Waals surface area contributed by atoms with Crippen LogP contribution in [0, 0.1) is 0 Å². The minimum absolute atomic E-state index is 0.353. The number of esters is 1. The van der Waals surface area contributed by atoms with Crippen LogP contribution in [0.25, 0.3) is 0 Å². The summed E-state index contributed by atoms with van der Waals surface area (Å²) < 4.78 is 16.9. The summed E-state index contributed by atoms with van der Waals surface area (Å²) in [5.74, 6) is -0.471. The number of ether oxygens (including phenoxy) is 1. The van der Waals surface area contributed by atoms with Crippen molar-refractivity contribution in [2.45, 2.75) is 39.3 Å². The van der Waals surface area contributed by atoms with Crippen LogP contribution >= 0.6 is 0 Å². The van der Waals surface area contributed by atoms with Crippen molar-refractivity contribution in [1.29, 1.82) is 0 Å². The molecule has 2 N–H and O–H groups in total. The molecule has 0 radical (unpaired) electrons. The molecule has 1 unspecified atom stereocenters. The number of aliphatic hydroxyl groups is 1. The molecule has 0 bridgehead atoms. The molecule has 5 nitrogen and oxygen atoms in total. The zero-order valence-electron chi connectivity index (χ0n) is 14.8. The molecule has 1 rings (SSSR count). The number of nitrogens with one attached hydrogen (secondary N) is 1. The predicted octanol–water partition coefficient (Wildman–Crippen LogP) is 4.33. The molecule has 6 heteroatoms.